The topological polar surface area (TPSA) is 51.8 Å². The van der Waals surface area contributed by atoms with Crippen molar-refractivity contribution >= 4 is 21.7 Å². The van der Waals surface area contributed by atoms with E-state index in [0.29, 0.717) is 17.6 Å². The molecule has 0 fully saturated rings. The minimum atomic E-state index is 0.506. The van der Waals surface area contributed by atoms with E-state index in [0.717, 1.165) is 28.6 Å². The van der Waals surface area contributed by atoms with Gasteiger partial charge >= 0.3 is 0 Å². The SMILES string of the molecule is CCCc1nc(-c2ccc(C(C)C)cc2)nc(N)c1Br. The van der Waals surface area contributed by atoms with Crippen molar-refractivity contribution in [1.82, 2.24) is 9.97 Å². The van der Waals surface area contributed by atoms with Crippen LogP contribution in [0, 0.1) is 0 Å². The van der Waals surface area contributed by atoms with E-state index in [1.54, 1.807) is 0 Å². The van der Waals surface area contributed by atoms with Crippen molar-refractivity contribution in [2.24, 2.45) is 0 Å². The lowest BCUT2D eigenvalue weighted by Gasteiger charge is -2.10. The molecule has 3 nitrogen and oxygen atoms in total. The summed E-state index contributed by atoms with van der Waals surface area (Å²) < 4.78 is 0.821. The van der Waals surface area contributed by atoms with Crippen molar-refractivity contribution in [3.8, 4) is 11.4 Å². The van der Waals surface area contributed by atoms with Crippen LogP contribution in [-0.2, 0) is 6.42 Å². The van der Waals surface area contributed by atoms with Crippen molar-refractivity contribution in [2.45, 2.75) is 39.5 Å². The van der Waals surface area contributed by atoms with Crippen LogP contribution in [0.4, 0.5) is 5.82 Å². The van der Waals surface area contributed by atoms with Gasteiger partial charge in [0.15, 0.2) is 5.82 Å². The summed E-state index contributed by atoms with van der Waals surface area (Å²) in [6.07, 6.45) is 1.92. The zero-order chi connectivity index (χ0) is 14.7. The highest BCUT2D eigenvalue weighted by Gasteiger charge is 2.11. The molecule has 0 radical (unpaired) electrons. The van der Waals surface area contributed by atoms with Gasteiger partial charge in [-0.3, -0.25) is 0 Å². The van der Waals surface area contributed by atoms with Gasteiger partial charge in [0.25, 0.3) is 0 Å². The summed E-state index contributed by atoms with van der Waals surface area (Å²) in [6.45, 7) is 6.49. The Bertz CT molecular complexity index is 591. The molecule has 0 aliphatic carbocycles. The second-order valence-electron chi connectivity index (χ2n) is 5.22. The first-order chi connectivity index (χ1) is 9.52. The van der Waals surface area contributed by atoms with E-state index >= 15 is 0 Å². The van der Waals surface area contributed by atoms with E-state index in [1.165, 1.54) is 5.56 Å². The van der Waals surface area contributed by atoms with Crippen LogP contribution in [0.15, 0.2) is 28.7 Å². The quantitative estimate of drug-likeness (QED) is 0.891. The fourth-order valence-electron chi connectivity index (χ4n) is 2.06. The molecular weight excluding hydrogens is 314 g/mol. The molecule has 0 bridgehead atoms. The van der Waals surface area contributed by atoms with Crippen LogP contribution < -0.4 is 5.73 Å². The molecule has 0 aliphatic rings. The number of halogens is 1. The minimum absolute atomic E-state index is 0.506. The zero-order valence-electron chi connectivity index (χ0n) is 12.2. The summed E-state index contributed by atoms with van der Waals surface area (Å²) in [5.41, 5.74) is 9.26. The molecule has 1 aromatic heterocycles. The van der Waals surface area contributed by atoms with Crippen molar-refractivity contribution in [1.29, 1.82) is 0 Å². The third kappa shape index (κ3) is 3.18. The number of benzene rings is 1. The molecular formula is C16H20BrN3. The summed E-state index contributed by atoms with van der Waals surface area (Å²) in [5, 5.41) is 0. The summed E-state index contributed by atoms with van der Waals surface area (Å²) in [5.74, 6) is 1.73. The predicted octanol–water partition coefficient (Wildman–Crippen LogP) is 4.56. The van der Waals surface area contributed by atoms with Crippen LogP contribution >= 0.6 is 15.9 Å². The Kier molecular flexibility index (Phi) is 4.76. The van der Waals surface area contributed by atoms with Crippen molar-refractivity contribution in [2.75, 3.05) is 5.73 Å². The van der Waals surface area contributed by atoms with Gasteiger partial charge in [-0.1, -0.05) is 51.5 Å². The summed E-state index contributed by atoms with van der Waals surface area (Å²) in [7, 11) is 0. The number of hydrogen-bond acceptors (Lipinski definition) is 3. The fourth-order valence-corrected chi connectivity index (χ4v) is 2.44. The van der Waals surface area contributed by atoms with Gasteiger partial charge in [-0.25, -0.2) is 9.97 Å². The molecule has 0 saturated carbocycles. The molecule has 4 heteroatoms. The van der Waals surface area contributed by atoms with E-state index in [9.17, 15) is 0 Å². The maximum Gasteiger partial charge on any atom is 0.161 e. The first-order valence-electron chi connectivity index (χ1n) is 6.95. The Hall–Kier alpha value is -1.42. The molecule has 2 rings (SSSR count). The number of aryl methyl sites for hydroxylation is 1. The van der Waals surface area contributed by atoms with Gasteiger partial charge < -0.3 is 5.73 Å². The number of nitrogens with two attached hydrogens (primary N) is 1. The molecule has 0 amide bonds. The number of hydrogen-bond donors (Lipinski definition) is 1. The Balaban J connectivity index is 2.41. The second kappa shape index (κ2) is 6.35. The van der Waals surface area contributed by atoms with Crippen LogP contribution in [0.5, 0.6) is 0 Å². The number of aromatic nitrogens is 2. The van der Waals surface area contributed by atoms with Gasteiger partial charge in [-0.05, 0) is 33.8 Å². The van der Waals surface area contributed by atoms with Crippen LogP contribution in [0.3, 0.4) is 0 Å². The Morgan fingerprint density at radius 2 is 1.80 bits per heavy atom. The number of nitrogen functional groups attached to an aromatic ring is 1. The van der Waals surface area contributed by atoms with Gasteiger partial charge in [-0.15, -0.1) is 0 Å². The molecule has 20 heavy (non-hydrogen) atoms. The Morgan fingerprint density at radius 3 is 2.35 bits per heavy atom. The lowest BCUT2D eigenvalue weighted by Crippen LogP contribution is -2.03. The summed E-state index contributed by atoms with van der Waals surface area (Å²) in [4.78, 5) is 9.01. The van der Waals surface area contributed by atoms with Gasteiger partial charge in [0.1, 0.15) is 5.82 Å². The third-order valence-electron chi connectivity index (χ3n) is 3.27. The van der Waals surface area contributed by atoms with E-state index in [1.807, 2.05) is 0 Å². The van der Waals surface area contributed by atoms with Gasteiger partial charge in [0.2, 0.25) is 0 Å². The highest BCUT2D eigenvalue weighted by atomic mass is 79.9. The average Bonchev–Trinajstić information content (AvgIpc) is 2.44. The third-order valence-corrected chi connectivity index (χ3v) is 4.13. The van der Waals surface area contributed by atoms with Crippen molar-refractivity contribution in [3.63, 3.8) is 0 Å². The largest absolute Gasteiger partial charge is 0.383 e. The minimum Gasteiger partial charge on any atom is -0.383 e. The van der Waals surface area contributed by atoms with Gasteiger partial charge in [0, 0.05) is 5.56 Å². The van der Waals surface area contributed by atoms with Crippen LogP contribution in [0.2, 0.25) is 0 Å². The molecule has 0 saturated heterocycles. The Morgan fingerprint density at radius 1 is 1.15 bits per heavy atom. The molecule has 2 aromatic rings. The number of anilines is 1. The smallest absolute Gasteiger partial charge is 0.161 e. The molecule has 0 aliphatic heterocycles. The standard InChI is InChI=1S/C16H20BrN3/c1-4-5-13-14(17)15(18)20-16(19-13)12-8-6-11(7-9-12)10(2)3/h6-10H,4-5H2,1-3H3,(H2,18,19,20). The molecule has 1 aromatic carbocycles. The lowest BCUT2D eigenvalue weighted by atomic mass is 10.0. The van der Waals surface area contributed by atoms with Crippen LogP contribution in [0.1, 0.15) is 44.4 Å². The van der Waals surface area contributed by atoms with Crippen LogP contribution in [0.25, 0.3) is 11.4 Å². The van der Waals surface area contributed by atoms with Gasteiger partial charge in [-0.2, -0.15) is 0 Å². The molecule has 0 atom stereocenters. The van der Waals surface area contributed by atoms with E-state index in [2.05, 4.69) is 70.9 Å². The van der Waals surface area contributed by atoms with E-state index < -0.39 is 0 Å². The predicted molar refractivity (Wildman–Crippen MR) is 87.7 cm³/mol. The average molecular weight is 334 g/mol. The highest BCUT2D eigenvalue weighted by molar-refractivity contribution is 9.10. The number of rotatable bonds is 4. The van der Waals surface area contributed by atoms with Crippen molar-refractivity contribution < 1.29 is 0 Å². The summed E-state index contributed by atoms with van der Waals surface area (Å²) in [6, 6.07) is 8.38. The highest BCUT2D eigenvalue weighted by Crippen LogP contribution is 2.27. The number of nitrogens with zero attached hydrogens (tertiary/aromatic N) is 2. The molecule has 1 heterocycles. The molecule has 2 N–H and O–H groups in total. The summed E-state index contributed by atoms with van der Waals surface area (Å²) >= 11 is 3.47. The molecule has 106 valence electrons. The maximum atomic E-state index is 5.97. The van der Waals surface area contributed by atoms with E-state index in [-0.39, 0.29) is 0 Å². The zero-order valence-corrected chi connectivity index (χ0v) is 13.7. The fraction of sp³-hybridized carbons (Fsp3) is 0.375. The Labute approximate surface area is 128 Å². The van der Waals surface area contributed by atoms with E-state index in [4.69, 9.17) is 5.73 Å². The molecule has 0 unspecified atom stereocenters. The maximum absolute atomic E-state index is 5.97. The first-order valence-corrected chi connectivity index (χ1v) is 7.74. The van der Waals surface area contributed by atoms with Crippen molar-refractivity contribution in [3.05, 3.63) is 40.0 Å². The normalized spacial score (nSPS) is 11.1. The lowest BCUT2D eigenvalue weighted by molar-refractivity contribution is 0.864. The monoisotopic (exact) mass is 333 g/mol. The second-order valence-corrected chi connectivity index (χ2v) is 6.01. The van der Waals surface area contributed by atoms with Gasteiger partial charge in [0.05, 0.1) is 10.2 Å². The van der Waals surface area contributed by atoms with Crippen LogP contribution in [-0.4, -0.2) is 9.97 Å². The molecule has 0 spiro atoms. The first kappa shape index (κ1) is 15.0.